The van der Waals surface area contributed by atoms with Gasteiger partial charge in [0.05, 0.1) is 6.10 Å². The molecule has 0 aromatic rings. The Labute approximate surface area is 228 Å². The Morgan fingerprint density at radius 3 is 2.49 bits per heavy atom. The van der Waals surface area contributed by atoms with Crippen molar-refractivity contribution >= 4 is 17.9 Å². The summed E-state index contributed by atoms with van der Waals surface area (Å²) in [5.74, 6) is -4.65. The molecular weight excluding hydrogens is 510 g/mol. The highest BCUT2D eigenvalue weighted by Crippen LogP contribution is 2.71. The fourth-order valence-corrected chi connectivity index (χ4v) is 9.34. The van der Waals surface area contributed by atoms with Gasteiger partial charge in [-0.05, 0) is 62.5 Å². The molecular formula is C30H40F2O7. The molecule has 0 radical (unpaired) electrons. The normalized spacial score (nSPS) is 44.4. The second-order valence-electron chi connectivity index (χ2n) is 13.0. The number of aliphatic hydroxyl groups excluding tert-OH is 1. The zero-order valence-corrected chi connectivity index (χ0v) is 23.2. The molecule has 0 aliphatic heterocycles. The summed E-state index contributed by atoms with van der Waals surface area (Å²) in [6, 6.07) is 0. The highest BCUT2D eigenvalue weighted by atomic mass is 19.1. The standard InChI is InChI=1S/C30H40F2O7/c1-5-23(17-8-6-7-9-17)38-26(37)39-30(25(35)36)16(2)12-19-20-14-22(31)21-13-18(33)10-11-27(21,3)29(20,32)24(34)15-28(19,30)4/h10-11,16-17,19-20,23-24,34H,5-9,12-15H2,1-4H3,(H,35,36)/t16-,19+,20+,23?,24+,27+,28+,29+,30+/m1/s1. The number of carboxylic acid groups (broad SMARTS) is 1. The molecule has 1 unspecified atom stereocenters. The molecule has 9 atom stereocenters. The lowest BCUT2D eigenvalue weighted by Crippen LogP contribution is -2.69. The van der Waals surface area contributed by atoms with Gasteiger partial charge in [-0.1, -0.05) is 39.7 Å². The maximum Gasteiger partial charge on any atom is 0.509 e. The quantitative estimate of drug-likeness (QED) is 0.414. The first-order valence-corrected chi connectivity index (χ1v) is 14.4. The molecule has 216 valence electrons. The Kier molecular flexibility index (Phi) is 6.80. The van der Waals surface area contributed by atoms with Gasteiger partial charge in [-0.2, -0.15) is 0 Å². The Bertz CT molecular complexity index is 1130. The lowest BCUT2D eigenvalue weighted by atomic mass is 9.45. The summed E-state index contributed by atoms with van der Waals surface area (Å²) in [6.07, 6.45) is 3.24. The Morgan fingerprint density at radius 1 is 1.21 bits per heavy atom. The minimum Gasteiger partial charge on any atom is -0.478 e. The van der Waals surface area contributed by atoms with Crippen molar-refractivity contribution in [2.45, 2.75) is 109 Å². The first-order valence-electron chi connectivity index (χ1n) is 14.4. The number of aliphatic hydroxyl groups is 1. The first kappa shape index (κ1) is 28.2. The molecule has 0 aromatic heterocycles. The van der Waals surface area contributed by atoms with Crippen LogP contribution in [0.2, 0.25) is 0 Å². The summed E-state index contributed by atoms with van der Waals surface area (Å²) in [5.41, 5.74) is -7.32. The number of hydrogen-bond acceptors (Lipinski definition) is 6. The number of allylic oxidation sites excluding steroid dienone is 4. The minimum absolute atomic E-state index is 0.0456. The fraction of sp³-hybridized carbons (Fsp3) is 0.767. The van der Waals surface area contributed by atoms with Gasteiger partial charge in [0.25, 0.3) is 0 Å². The van der Waals surface area contributed by atoms with Crippen LogP contribution in [0.25, 0.3) is 0 Å². The average Bonchev–Trinajstić information content (AvgIpc) is 3.47. The second-order valence-corrected chi connectivity index (χ2v) is 13.0. The number of carboxylic acids is 1. The lowest BCUT2D eigenvalue weighted by Gasteiger charge is -2.61. The van der Waals surface area contributed by atoms with E-state index in [1.165, 1.54) is 19.1 Å². The van der Waals surface area contributed by atoms with E-state index in [9.17, 15) is 24.6 Å². The third-order valence-corrected chi connectivity index (χ3v) is 11.3. The summed E-state index contributed by atoms with van der Waals surface area (Å²) in [7, 11) is 0. The van der Waals surface area contributed by atoms with Crippen molar-refractivity contribution in [1.82, 2.24) is 0 Å². The van der Waals surface area contributed by atoms with Crippen LogP contribution in [-0.2, 0) is 19.1 Å². The van der Waals surface area contributed by atoms with E-state index in [4.69, 9.17) is 9.47 Å². The van der Waals surface area contributed by atoms with Gasteiger partial charge in [-0.25, -0.2) is 18.4 Å². The molecule has 5 aliphatic carbocycles. The number of halogens is 2. The molecule has 3 fully saturated rings. The molecule has 0 bridgehead atoms. The fourth-order valence-electron chi connectivity index (χ4n) is 9.34. The van der Waals surface area contributed by atoms with Gasteiger partial charge in [0.15, 0.2) is 11.5 Å². The number of hydrogen-bond donors (Lipinski definition) is 2. The van der Waals surface area contributed by atoms with Crippen LogP contribution >= 0.6 is 0 Å². The molecule has 7 nitrogen and oxygen atoms in total. The smallest absolute Gasteiger partial charge is 0.478 e. The predicted octanol–water partition coefficient (Wildman–Crippen LogP) is 5.85. The van der Waals surface area contributed by atoms with E-state index < -0.39 is 70.0 Å². The first-order chi connectivity index (χ1) is 18.3. The number of alkyl halides is 1. The van der Waals surface area contributed by atoms with Crippen LogP contribution < -0.4 is 0 Å². The molecule has 0 spiro atoms. The van der Waals surface area contributed by atoms with E-state index in [-0.39, 0.29) is 43.0 Å². The van der Waals surface area contributed by atoms with Gasteiger partial charge in [0.2, 0.25) is 5.60 Å². The molecule has 0 amide bonds. The number of ketones is 1. The molecule has 9 heteroatoms. The van der Waals surface area contributed by atoms with E-state index >= 15 is 8.78 Å². The monoisotopic (exact) mass is 550 g/mol. The highest BCUT2D eigenvalue weighted by molar-refractivity contribution is 5.93. The number of aliphatic carboxylic acids is 1. The number of rotatable bonds is 5. The number of ether oxygens (including phenoxy) is 2. The van der Waals surface area contributed by atoms with Crippen molar-refractivity contribution in [1.29, 1.82) is 0 Å². The number of fused-ring (bicyclic) bond motifs is 5. The van der Waals surface area contributed by atoms with Crippen molar-refractivity contribution < 1.29 is 42.9 Å². The summed E-state index contributed by atoms with van der Waals surface area (Å²) < 4.78 is 44.5. The minimum atomic E-state index is -2.33. The van der Waals surface area contributed by atoms with Crippen molar-refractivity contribution in [2.24, 2.45) is 34.5 Å². The molecule has 0 aromatic carbocycles. The van der Waals surface area contributed by atoms with Crippen LogP contribution in [0.15, 0.2) is 23.6 Å². The van der Waals surface area contributed by atoms with Crippen molar-refractivity contribution in [3.63, 3.8) is 0 Å². The van der Waals surface area contributed by atoms with Gasteiger partial charge in [0.1, 0.15) is 11.9 Å². The average molecular weight is 551 g/mol. The molecule has 39 heavy (non-hydrogen) atoms. The lowest BCUT2D eigenvalue weighted by molar-refractivity contribution is -0.227. The van der Waals surface area contributed by atoms with Crippen LogP contribution in [0.3, 0.4) is 0 Å². The van der Waals surface area contributed by atoms with Gasteiger partial charge in [0, 0.05) is 35.5 Å². The highest BCUT2D eigenvalue weighted by Gasteiger charge is 2.78. The van der Waals surface area contributed by atoms with Crippen LogP contribution in [-0.4, -0.2) is 51.6 Å². The summed E-state index contributed by atoms with van der Waals surface area (Å²) in [5, 5.41) is 22.1. The third-order valence-electron chi connectivity index (χ3n) is 11.3. The maximum absolute atomic E-state index is 17.4. The molecule has 3 saturated carbocycles. The molecule has 0 heterocycles. The van der Waals surface area contributed by atoms with E-state index in [1.54, 1.807) is 13.8 Å². The topological polar surface area (TPSA) is 110 Å². The summed E-state index contributed by atoms with van der Waals surface area (Å²) in [6.45, 7) is 6.67. The number of carbonyl (C=O) groups excluding carboxylic acids is 2. The van der Waals surface area contributed by atoms with Crippen molar-refractivity contribution in [3.05, 3.63) is 23.6 Å². The molecule has 2 N–H and O–H groups in total. The van der Waals surface area contributed by atoms with Gasteiger partial charge >= 0.3 is 12.1 Å². The van der Waals surface area contributed by atoms with E-state index in [1.807, 2.05) is 6.92 Å². The Balaban J connectivity index is 1.52. The zero-order chi connectivity index (χ0) is 28.5. The van der Waals surface area contributed by atoms with Crippen LogP contribution in [0.5, 0.6) is 0 Å². The summed E-state index contributed by atoms with van der Waals surface area (Å²) >= 11 is 0. The van der Waals surface area contributed by atoms with Crippen molar-refractivity contribution in [2.75, 3.05) is 0 Å². The van der Waals surface area contributed by atoms with Gasteiger partial charge < -0.3 is 19.7 Å². The SMILES string of the molecule is CCC(OC(=O)O[C@]1(C(=O)O)[C@H](C)C[C@H]2[C@@H]3CC(F)=C4CC(=O)C=C[C@]4(C)[C@@]3(F)[C@@H](O)C[C@@]21C)C1CCCC1. The number of carbonyl (C=O) groups is 3. The third kappa shape index (κ3) is 3.70. The Morgan fingerprint density at radius 2 is 1.87 bits per heavy atom. The van der Waals surface area contributed by atoms with E-state index in [0.29, 0.717) is 6.42 Å². The second kappa shape index (κ2) is 9.38. The van der Waals surface area contributed by atoms with Crippen LogP contribution in [0.4, 0.5) is 13.6 Å². The van der Waals surface area contributed by atoms with Crippen LogP contribution in [0.1, 0.15) is 85.5 Å². The van der Waals surface area contributed by atoms with Gasteiger partial charge in [-0.3, -0.25) is 4.79 Å². The largest absolute Gasteiger partial charge is 0.509 e. The van der Waals surface area contributed by atoms with Gasteiger partial charge in [-0.15, -0.1) is 0 Å². The van der Waals surface area contributed by atoms with E-state index in [2.05, 4.69) is 0 Å². The van der Waals surface area contributed by atoms with E-state index in [0.717, 1.165) is 25.7 Å². The molecule has 5 aliphatic rings. The Hall–Kier alpha value is -2.29. The maximum atomic E-state index is 17.4. The zero-order valence-electron chi connectivity index (χ0n) is 23.2. The predicted molar refractivity (Wildman–Crippen MR) is 137 cm³/mol. The van der Waals surface area contributed by atoms with Crippen LogP contribution in [0, 0.1) is 34.5 Å². The summed E-state index contributed by atoms with van der Waals surface area (Å²) in [4.78, 5) is 38.3. The molecule has 0 saturated heterocycles. The van der Waals surface area contributed by atoms with Crippen molar-refractivity contribution in [3.8, 4) is 0 Å². The molecule has 5 rings (SSSR count).